The third-order valence-electron chi connectivity index (χ3n) is 3.81. The summed E-state index contributed by atoms with van der Waals surface area (Å²) in [5.74, 6) is 2.20. The van der Waals surface area contributed by atoms with Gasteiger partial charge in [0.1, 0.15) is 0 Å². The maximum absolute atomic E-state index is 11.6. The number of amides is 1. The van der Waals surface area contributed by atoms with Crippen LogP contribution in [0.1, 0.15) is 46.0 Å². The average molecular weight is 290 g/mol. The van der Waals surface area contributed by atoms with Gasteiger partial charge in [0.15, 0.2) is 0 Å². The lowest BCUT2D eigenvalue weighted by atomic mass is 9.98. The number of alkyl halides is 1. The summed E-state index contributed by atoms with van der Waals surface area (Å²) in [5, 5.41) is 4.18. The molecule has 0 heterocycles. The molecule has 3 atom stereocenters. The Balaban J connectivity index is 2.20. The Labute approximate surface area is 108 Å². The zero-order chi connectivity index (χ0) is 12.0. The zero-order valence-electron chi connectivity index (χ0n) is 10.5. The lowest BCUT2D eigenvalue weighted by molar-refractivity contribution is -0.122. The fraction of sp³-hybridized carbons (Fsp3) is 0.923. The van der Waals surface area contributed by atoms with Crippen LogP contribution in [0, 0.1) is 17.8 Å². The fourth-order valence-electron chi connectivity index (χ4n) is 2.36. The molecule has 1 N–H and O–H groups in total. The van der Waals surface area contributed by atoms with Gasteiger partial charge in [-0.2, -0.15) is 0 Å². The van der Waals surface area contributed by atoms with Crippen LogP contribution >= 0.6 is 15.9 Å². The van der Waals surface area contributed by atoms with E-state index >= 15 is 0 Å². The lowest BCUT2D eigenvalue weighted by Crippen LogP contribution is -2.31. The lowest BCUT2D eigenvalue weighted by Gasteiger charge is -2.18. The van der Waals surface area contributed by atoms with E-state index in [-0.39, 0.29) is 5.91 Å². The Morgan fingerprint density at radius 1 is 1.44 bits per heavy atom. The van der Waals surface area contributed by atoms with E-state index in [4.69, 9.17) is 0 Å². The van der Waals surface area contributed by atoms with E-state index in [0.717, 1.165) is 24.2 Å². The van der Waals surface area contributed by atoms with Crippen molar-refractivity contribution in [2.24, 2.45) is 17.8 Å². The van der Waals surface area contributed by atoms with Crippen molar-refractivity contribution in [3.63, 3.8) is 0 Å². The number of carbonyl (C=O) groups is 1. The number of nitrogens with one attached hydrogen (secondary N) is 1. The second-order valence-corrected chi connectivity index (χ2v) is 5.77. The van der Waals surface area contributed by atoms with Crippen LogP contribution in [-0.2, 0) is 4.79 Å². The van der Waals surface area contributed by atoms with E-state index < -0.39 is 0 Å². The highest BCUT2D eigenvalue weighted by atomic mass is 79.9. The highest BCUT2D eigenvalue weighted by molar-refractivity contribution is 9.09. The zero-order valence-corrected chi connectivity index (χ0v) is 12.1. The highest BCUT2D eigenvalue weighted by Crippen LogP contribution is 2.32. The van der Waals surface area contributed by atoms with E-state index in [1.807, 2.05) is 0 Å². The standard InChI is InChI=1S/C13H24BrNO/c1-3-10(2)7-13(16)15-9-12-6-4-5-11(12)8-14/h10-12H,3-9H2,1-2H3,(H,15,16). The van der Waals surface area contributed by atoms with Gasteiger partial charge in [-0.25, -0.2) is 0 Å². The van der Waals surface area contributed by atoms with Crippen molar-refractivity contribution in [2.75, 3.05) is 11.9 Å². The Bertz CT molecular complexity index is 220. The number of rotatable bonds is 6. The van der Waals surface area contributed by atoms with Gasteiger partial charge >= 0.3 is 0 Å². The van der Waals surface area contributed by atoms with E-state index in [1.165, 1.54) is 19.3 Å². The molecule has 94 valence electrons. The third-order valence-corrected chi connectivity index (χ3v) is 4.64. The molecule has 2 nitrogen and oxygen atoms in total. The molecule has 0 spiro atoms. The Kier molecular flexibility index (Phi) is 6.40. The van der Waals surface area contributed by atoms with Crippen LogP contribution in [0.2, 0.25) is 0 Å². The molecule has 0 aliphatic heterocycles. The normalized spacial score (nSPS) is 26.7. The van der Waals surface area contributed by atoms with Crippen molar-refractivity contribution in [3.8, 4) is 0 Å². The van der Waals surface area contributed by atoms with E-state index in [1.54, 1.807) is 0 Å². The van der Waals surface area contributed by atoms with Crippen LogP contribution in [0.15, 0.2) is 0 Å². The molecule has 0 bridgehead atoms. The Morgan fingerprint density at radius 3 is 2.75 bits per heavy atom. The van der Waals surface area contributed by atoms with Crippen molar-refractivity contribution in [1.82, 2.24) is 5.32 Å². The molecule has 0 aromatic rings. The van der Waals surface area contributed by atoms with Crippen molar-refractivity contribution in [2.45, 2.75) is 46.0 Å². The topological polar surface area (TPSA) is 29.1 Å². The van der Waals surface area contributed by atoms with Gasteiger partial charge in [0.25, 0.3) is 0 Å². The van der Waals surface area contributed by atoms with Crippen molar-refractivity contribution < 1.29 is 4.79 Å². The van der Waals surface area contributed by atoms with Crippen LogP contribution in [0.3, 0.4) is 0 Å². The summed E-state index contributed by atoms with van der Waals surface area (Å²) in [6, 6.07) is 0. The largest absolute Gasteiger partial charge is 0.356 e. The summed E-state index contributed by atoms with van der Waals surface area (Å²) in [7, 11) is 0. The van der Waals surface area contributed by atoms with Crippen molar-refractivity contribution in [1.29, 1.82) is 0 Å². The summed E-state index contributed by atoms with van der Waals surface area (Å²) in [4.78, 5) is 11.6. The predicted molar refractivity (Wildman–Crippen MR) is 71.7 cm³/mol. The minimum Gasteiger partial charge on any atom is -0.356 e. The summed E-state index contributed by atoms with van der Waals surface area (Å²) >= 11 is 3.56. The van der Waals surface area contributed by atoms with E-state index in [0.29, 0.717) is 18.3 Å². The molecule has 1 aliphatic rings. The van der Waals surface area contributed by atoms with Crippen LogP contribution in [0.5, 0.6) is 0 Å². The van der Waals surface area contributed by atoms with Crippen LogP contribution in [0.4, 0.5) is 0 Å². The maximum atomic E-state index is 11.6. The van der Waals surface area contributed by atoms with Gasteiger partial charge in [-0.05, 0) is 30.6 Å². The molecule has 16 heavy (non-hydrogen) atoms. The first-order valence-corrected chi connectivity index (χ1v) is 7.62. The van der Waals surface area contributed by atoms with Gasteiger partial charge in [0.05, 0.1) is 0 Å². The first-order valence-electron chi connectivity index (χ1n) is 6.50. The van der Waals surface area contributed by atoms with E-state index in [9.17, 15) is 4.79 Å². The smallest absolute Gasteiger partial charge is 0.220 e. The molecule has 3 heteroatoms. The molecular weight excluding hydrogens is 266 g/mol. The molecule has 0 aromatic heterocycles. The Hall–Kier alpha value is -0.0500. The fourth-order valence-corrected chi connectivity index (χ4v) is 3.22. The highest BCUT2D eigenvalue weighted by Gasteiger charge is 2.26. The Morgan fingerprint density at radius 2 is 2.12 bits per heavy atom. The molecule has 3 unspecified atom stereocenters. The second kappa shape index (κ2) is 7.31. The third kappa shape index (κ3) is 4.44. The quantitative estimate of drug-likeness (QED) is 0.747. The molecule has 1 aliphatic carbocycles. The first-order chi connectivity index (χ1) is 7.67. The van der Waals surface area contributed by atoms with Crippen LogP contribution in [-0.4, -0.2) is 17.8 Å². The molecule has 1 rings (SSSR count). The molecule has 0 radical (unpaired) electrons. The number of hydrogen-bond donors (Lipinski definition) is 1. The minimum absolute atomic E-state index is 0.231. The van der Waals surface area contributed by atoms with Gasteiger partial charge in [0.2, 0.25) is 5.91 Å². The molecule has 1 fully saturated rings. The second-order valence-electron chi connectivity index (χ2n) is 5.13. The average Bonchev–Trinajstić information content (AvgIpc) is 2.73. The molecule has 1 saturated carbocycles. The SMILES string of the molecule is CCC(C)CC(=O)NCC1CCCC1CBr. The van der Waals surface area contributed by atoms with Crippen LogP contribution < -0.4 is 5.32 Å². The monoisotopic (exact) mass is 289 g/mol. The summed E-state index contributed by atoms with van der Waals surface area (Å²) in [6.45, 7) is 5.15. The first kappa shape index (κ1) is 14.0. The molecule has 0 saturated heterocycles. The van der Waals surface area contributed by atoms with Crippen LogP contribution in [0.25, 0.3) is 0 Å². The van der Waals surface area contributed by atoms with Gasteiger partial charge in [0, 0.05) is 18.3 Å². The molecule has 0 aromatic carbocycles. The molecule has 1 amide bonds. The maximum Gasteiger partial charge on any atom is 0.220 e. The van der Waals surface area contributed by atoms with Crippen molar-refractivity contribution >= 4 is 21.8 Å². The number of halogens is 1. The van der Waals surface area contributed by atoms with Crippen molar-refractivity contribution in [3.05, 3.63) is 0 Å². The van der Waals surface area contributed by atoms with Gasteiger partial charge in [-0.1, -0.05) is 42.6 Å². The number of carbonyl (C=O) groups excluding carboxylic acids is 1. The van der Waals surface area contributed by atoms with Gasteiger partial charge in [-0.3, -0.25) is 4.79 Å². The predicted octanol–water partition coefficient (Wildman–Crippen LogP) is 3.35. The summed E-state index contributed by atoms with van der Waals surface area (Å²) in [5.41, 5.74) is 0. The van der Waals surface area contributed by atoms with Gasteiger partial charge in [-0.15, -0.1) is 0 Å². The summed E-state index contributed by atoms with van der Waals surface area (Å²) in [6.07, 6.45) is 5.68. The summed E-state index contributed by atoms with van der Waals surface area (Å²) < 4.78 is 0. The van der Waals surface area contributed by atoms with Gasteiger partial charge < -0.3 is 5.32 Å². The molecular formula is C13H24BrNO. The minimum atomic E-state index is 0.231. The van der Waals surface area contributed by atoms with E-state index in [2.05, 4.69) is 35.1 Å². The number of hydrogen-bond acceptors (Lipinski definition) is 1.